The number of fused-ring (bicyclic) bond motifs is 2. The molecule has 0 spiro atoms. The molecular weight excluding hydrogens is 645 g/mol. The van der Waals surface area contributed by atoms with Gasteiger partial charge < -0.3 is 14.8 Å². The number of amides is 3. The van der Waals surface area contributed by atoms with Gasteiger partial charge in [-0.05, 0) is 104 Å². The first-order valence-corrected chi connectivity index (χ1v) is 18.2. The molecule has 0 bridgehead atoms. The van der Waals surface area contributed by atoms with Crippen LogP contribution < -0.4 is 10.5 Å². The molecule has 13 heteroatoms. The number of nitrogens with zero attached hydrogens (tertiary/aromatic N) is 4. The first-order chi connectivity index (χ1) is 23.3. The van der Waals surface area contributed by atoms with E-state index < -0.39 is 23.3 Å². The summed E-state index contributed by atoms with van der Waals surface area (Å²) < 4.78 is 48.5. The topological polar surface area (TPSA) is 113 Å². The second-order valence-corrected chi connectivity index (χ2v) is 15.0. The van der Waals surface area contributed by atoms with Crippen LogP contribution in [0.15, 0.2) is 63.5 Å². The van der Waals surface area contributed by atoms with Crippen LogP contribution in [0.2, 0.25) is 0 Å². The summed E-state index contributed by atoms with van der Waals surface area (Å²) in [5, 5.41) is 9.00. The average Bonchev–Trinajstić information content (AvgIpc) is 3.85. The maximum absolute atomic E-state index is 14.2. The predicted octanol–water partition coefficient (Wildman–Crippen LogP) is 6.28. The molecule has 0 saturated heterocycles. The minimum Gasteiger partial charge on any atom is -0.348 e. The fourth-order valence-electron chi connectivity index (χ4n) is 7.21. The van der Waals surface area contributed by atoms with Crippen LogP contribution in [0.5, 0.6) is 0 Å². The number of halogens is 2. The van der Waals surface area contributed by atoms with E-state index in [1.807, 2.05) is 31.5 Å². The molecule has 1 aromatic heterocycles. The Hall–Kier alpha value is -4.36. The zero-order valence-corrected chi connectivity index (χ0v) is 29.2. The molecule has 0 saturated carbocycles. The molecule has 9 nitrogen and oxygen atoms in total. The number of hydrogen-bond donors (Lipinski definition) is 2. The van der Waals surface area contributed by atoms with Gasteiger partial charge in [-0.3, -0.25) is 4.79 Å². The Bertz CT molecular complexity index is 2030. The monoisotopic (exact) mass is 687 g/mol. The molecule has 1 unspecified atom stereocenters. The lowest BCUT2D eigenvalue weighted by Gasteiger charge is -2.17. The molecule has 1 atom stereocenters. The van der Waals surface area contributed by atoms with Crippen molar-refractivity contribution in [1.29, 1.82) is 0 Å². The number of urea groups is 1. The lowest BCUT2D eigenvalue weighted by Crippen LogP contribution is -2.29. The maximum Gasteiger partial charge on any atom is 0.934 e. The van der Waals surface area contributed by atoms with E-state index in [0.29, 0.717) is 11.4 Å². The van der Waals surface area contributed by atoms with Gasteiger partial charge in [-0.2, -0.15) is 0 Å². The van der Waals surface area contributed by atoms with Crippen molar-refractivity contribution in [2.75, 3.05) is 12.4 Å². The number of carbonyl (C=O) groups is 2. The summed E-state index contributed by atoms with van der Waals surface area (Å²) in [6, 6.07) is 10.0. The van der Waals surface area contributed by atoms with Gasteiger partial charge in [0.05, 0.1) is 10.6 Å². The van der Waals surface area contributed by atoms with E-state index in [-0.39, 0.29) is 30.2 Å². The van der Waals surface area contributed by atoms with Crippen molar-refractivity contribution in [1.82, 2.24) is 9.47 Å². The highest BCUT2D eigenvalue weighted by atomic mass is 32.2. The van der Waals surface area contributed by atoms with Gasteiger partial charge in [0, 0.05) is 63.1 Å². The van der Waals surface area contributed by atoms with Crippen LogP contribution in [0.25, 0.3) is 6.08 Å². The lowest BCUT2D eigenvalue weighted by atomic mass is 9.99. The van der Waals surface area contributed by atoms with E-state index in [9.17, 15) is 22.4 Å². The van der Waals surface area contributed by atoms with Crippen molar-refractivity contribution in [3.05, 3.63) is 99.0 Å². The molecule has 0 fully saturated rings. The Morgan fingerprint density at radius 3 is 2.31 bits per heavy atom. The fourth-order valence-corrected chi connectivity index (χ4v) is 8.13. The number of hydrogen-bond acceptors (Lipinski definition) is 3. The predicted molar refractivity (Wildman–Crippen MR) is 190 cm³/mol. The Balaban J connectivity index is 1.08. The molecule has 1 aliphatic heterocycles. The van der Waals surface area contributed by atoms with E-state index in [1.54, 1.807) is 49.5 Å². The van der Waals surface area contributed by atoms with Crippen molar-refractivity contribution in [2.24, 2.45) is 16.5 Å². The Labute approximate surface area is 287 Å². The lowest BCUT2D eigenvalue weighted by molar-refractivity contribution is -0.342. The van der Waals surface area contributed by atoms with E-state index in [2.05, 4.69) is 15.7 Å². The van der Waals surface area contributed by atoms with Gasteiger partial charge in [-0.15, -0.1) is 4.36 Å². The molecule has 0 radical (unpaired) electrons. The molecular formula is C36H42BF2N6O3S+. The smallest absolute Gasteiger partial charge is 0.348 e. The first kappa shape index (κ1) is 34.5. The fraction of sp³-hybridized carbons (Fsp3) is 0.361. The summed E-state index contributed by atoms with van der Waals surface area (Å²) >= 11 is 0. The van der Waals surface area contributed by atoms with E-state index in [0.717, 1.165) is 82.3 Å². The molecule has 3 aliphatic rings. The number of aromatic nitrogens is 1. The molecule has 3 aromatic rings. The highest BCUT2D eigenvalue weighted by Gasteiger charge is 2.42. The molecule has 3 amide bonds. The largest absolute Gasteiger partial charge is 0.934 e. The number of aryl methyl sites for hydroxylation is 4. The van der Waals surface area contributed by atoms with Crippen LogP contribution in [-0.4, -0.2) is 50.3 Å². The standard InChI is InChI=1S/C36H41BF2N6O3S/c1-23-19-24(2)44(4)33(23)21-29-14-13-28(45(29)37(38)39)15-18-34(46)43(3)22-25-11-16-30(17-12-25)49(40,48)42-36(47)41-35-31-9-5-7-26(31)20-27-8-6-10-32(27)35/h11-14,16-17,19-21H,5-10,15,18,22H2,1-4H3,(H2-,40,41,42,47,48)/p+1. The number of anilines is 1. The van der Waals surface area contributed by atoms with Crippen molar-refractivity contribution < 1.29 is 26.9 Å². The van der Waals surface area contributed by atoms with Crippen LogP contribution >= 0.6 is 0 Å². The van der Waals surface area contributed by atoms with Gasteiger partial charge in [0.25, 0.3) is 0 Å². The highest BCUT2D eigenvalue weighted by molar-refractivity contribution is 7.91. The summed E-state index contributed by atoms with van der Waals surface area (Å²) in [5.74, 6) is -0.210. The summed E-state index contributed by atoms with van der Waals surface area (Å²) in [4.78, 5) is 27.7. The molecule has 6 rings (SSSR count). The van der Waals surface area contributed by atoms with Crippen LogP contribution in [0.1, 0.15) is 70.5 Å². The zero-order valence-electron chi connectivity index (χ0n) is 28.4. The number of carbonyl (C=O) groups excluding carboxylic acids is 2. The minimum absolute atomic E-state index is 0.0471. The van der Waals surface area contributed by atoms with Gasteiger partial charge in [0.1, 0.15) is 9.92 Å². The van der Waals surface area contributed by atoms with Crippen LogP contribution in [0, 0.1) is 13.8 Å². The SMILES string of the molecule is Cc1cc(C)n(C)c1/C=C1/C=CC(CCC(=O)N(C)Cc2ccc(S(N)(=O)=NC(=O)Nc3c4c(cc5c3CCC5)CCC4)cc2)=[N+]1B(F)F. The van der Waals surface area contributed by atoms with Crippen LogP contribution in [-0.2, 0) is 54.0 Å². The van der Waals surface area contributed by atoms with Crippen molar-refractivity contribution in [3.8, 4) is 0 Å². The Morgan fingerprint density at radius 2 is 1.71 bits per heavy atom. The molecule has 3 N–H and O–H groups in total. The van der Waals surface area contributed by atoms with Crippen LogP contribution in [0.3, 0.4) is 0 Å². The summed E-state index contributed by atoms with van der Waals surface area (Å²) in [7, 11) is -2.73. The maximum atomic E-state index is 14.2. The molecule has 2 aromatic carbocycles. The van der Waals surface area contributed by atoms with E-state index in [4.69, 9.17) is 5.14 Å². The van der Waals surface area contributed by atoms with E-state index in [1.165, 1.54) is 16.0 Å². The Morgan fingerprint density at radius 1 is 1.06 bits per heavy atom. The van der Waals surface area contributed by atoms with Crippen LogP contribution in [0.4, 0.5) is 19.1 Å². The third-order valence-electron chi connectivity index (χ3n) is 9.86. The number of nitrogens with two attached hydrogens (primary N) is 1. The van der Waals surface area contributed by atoms with Gasteiger partial charge in [0.15, 0.2) is 11.4 Å². The van der Waals surface area contributed by atoms with E-state index >= 15 is 0 Å². The number of allylic oxidation sites excluding steroid dienone is 2. The normalized spacial score (nSPS) is 16.9. The van der Waals surface area contributed by atoms with Gasteiger partial charge >= 0.3 is 13.4 Å². The van der Waals surface area contributed by atoms with Crippen molar-refractivity contribution >= 4 is 46.7 Å². The number of rotatable bonds is 9. The zero-order chi connectivity index (χ0) is 35.0. The number of benzene rings is 2. The van der Waals surface area contributed by atoms with Gasteiger partial charge in [-0.1, -0.05) is 18.2 Å². The Kier molecular flexibility index (Phi) is 9.77. The quantitative estimate of drug-likeness (QED) is 0.258. The second kappa shape index (κ2) is 13.9. The summed E-state index contributed by atoms with van der Waals surface area (Å²) in [6.07, 6.45) is 11.1. The molecule has 49 heavy (non-hydrogen) atoms. The third kappa shape index (κ3) is 7.18. The first-order valence-electron chi connectivity index (χ1n) is 16.6. The summed E-state index contributed by atoms with van der Waals surface area (Å²) in [5.41, 5.74) is 10.0. The van der Waals surface area contributed by atoms with Gasteiger partial charge in [-0.25, -0.2) is 27.3 Å². The summed E-state index contributed by atoms with van der Waals surface area (Å²) in [6.45, 7) is 4.15. The second-order valence-electron chi connectivity index (χ2n) is 13.2. The highest BCUT2D eigenvalue weighted by Crippen LogP contribution is 2.38. The van der Waals surface area contributed by atoms with Gasteiger partial charge in [0.2, 0.25) is 5.91 Å². The number of nitrogens with one attached hydrogen (secondary N) is 1. The molecule has 2 aliphatic carbocycles. The van der Waals surface area contributed by atoms with Crippen molar-refractivity contribution in [3.63, 3.8) is 0 Å². The third-order valence-corrected chi connectivity index (χ3v) is 11.2. The minimum atomic E-state index is -3.53. The van der Waals surface area contributed by atoms with Crippen molar-refractivity contribution in [2.45, 2.75) is 76.7 Å². The average molecular weight is 688 g/mol. The molecule has 2 heterocycles. The molecule has 256 valence electrons.